The summed E-state index contributed by atoms with van der Waals surface area (Å²) in [6, 6.07) is 2.25. The fraction of sp³-hybridized carbons (Fsp3) is 0.545. The molecule has 3 aromatic heterocycles. The van der Waals surface area contributed by atoms with Crippen LogP contribution < -0.4 is 10.6 Å². The average Bonchev–Trinajstić information content (AvgIpc) is 3.52. The van der Waals surface area contributed by atoms with E-state index in [0.29, 0.717) is 49.4 Å². The van der Waals surface area contributed by atoms with Crippen molar-refractivity contribution in [2.45, 2.75) is 44.9 Å². The lowest BCUT2D eigenvalue weighted by atomic mass is 10.0. The van der Waals surface area contributed by atoms with E-state index in [1.54, 1.807) is 16.7 Å². The van der Waals surface area contributed by atoms with Gasteiger partial charge in [-0.1, -0.05) is 20.8 Å². The third-order valence-corrected chi connectivity index (χ3v) is 11.4. The number of nitrogens with zero attached hydrogens (tertiary/aromatic N) is 4. The number of aromatic hydroxyl groups is 1. The Hall–Kier alpha value is -1.77. The first-order valence-corrected chi connectivity index (χ1v) is 15.4. The number of anilines is 3. The molecular weight excluding hydrogens is 525 g/mol. The molecule has 0 saturated carbocycles. The van der Waals surface area contributed by atoms with Crippen molar-refractivity contribution in [1.29, 1.82) is 0 Å². The molecule has 1 aliphatic heterocycles. The van der Waals surface area contributed by atoms with Gasteiger partial charge in [0.05, 0.1) is 23.5 Å². The molecule has 0 spiro atoms. The third kappa shape index (κ3) is 5.49. The molecule has 0 aliphatic carbocycles. The minimum absolute atomic E-state index is 0.0469. The van der Waals surface area contributed by atoms with Gasteiger partial charge in [-0.3, -0.25) is 0 Å². The summed E-state index contributed by atoms with van der Waals surface area (Å²) in [7, 11) is -3.77. The van der Waals surface area contributed by atoms with Crippen LogP contribution in [0.2, 0.25) is 0 Å². The van der Waals surface area contributed by atoms with Crippen LogP contribution in [0.1, 0.15) is 42.1 Å². The molecular formula is C22H32N6O3S4. The lowest BCUT2D eigenvalue weighted by Crippen LogP contribution is -2.48. The van der Waals surface area contributed by atoms with Crippen molar-refractivity contribution in [3.8, 4) is 5.75 Å². The van der Waals surface area contributed by atoms with E-state index < -0.39 is 10.0 Å². The van der Waals surface area contributed by atoms with Crippen molar-refractivity contribution < 1.29 is 13.5 Å². The summed E-state index contributed by atoms with van der Waals surface area (Å²) < 4.78 is 36.5. The Bertz CT molecular complexity index is 1240. The van der Waals surface area contributed by atoms with Gasteiger partial charge in [0.2, 0.25) is 0 Å². The van der Waals surface area contributed by atoms with Crippen LogP contribution >= 0.6 is 34.4 Å². The Morgan fingerprint density at radius 3 is 2.43 bits per heavy atom. The number of sulfonamides is 1. The van der Waals surface area contributed by atoms with Crippen LogP contribution in [0, 0.1) is 19.8 Å². The maximum atomic E-state index is 13.2. The number of hydrogen-bond donors (Lipinski definition) is 3. The zero-order valence-corrected chi connectivity index (χ0v) is 23.8. The first-order chi connectivity index (χ1) is 16.6. The number of hydrogen-bond acceptors (Lipinski definition) is 11. The van der Waals surface area contributed by atoms with Crippen LogP contribution in [0.5, 0.6) is 5.75 Å². The lowest BCUT2D eigenvalue weighted by molar-refractivity contribution is 0.196. The standard InChI is InChI=1S/C22H32N6O3S4/c1-6-27-7-9-28(10-8-27)35(30,31)22-19(29)16(12-32-22)23-20-21(26-34-25-20)24-18(13(2)3)17-11-14(4)15(5)33-17/h11-13,18,29H,6-10H2,1-5H3,(H,23,25)(H,24,26)/t18-/m1/s1. The molecule has 0 radical (unpaired) electrons. The molecule has 4 rings (SSSR count). The van der Waals surface area contributed by atoms with E-state index >= 15 is 0 Å². The monoisotopic (exact) mass is 556 g/mol. The number of rotatable bonds is 9. The van der Waals surface area contributed by atoms with E-state index in [4.69, 9.17) is 0 Å². The second-order valence-electron chi connectivity index (χ2n) is 8.96. The molecule has 0 bridgehead atoms. The topological polar surface area (TPSA) is 111 Å². The number of aromatic nitrogens is 2. The molecule has 1 fully saturated rings. The zero-order valence-electron chi connectivity index (χ0n) is 20.5. The number of nitrogens with one attached hydrogen (secondary N) is 2. The Balaban J connectivity index is 1.52. The molecule has 0 amide bonds. The van der Waals surface area contributed by atoms with Gasteiger partial charge in [-0.05, 0) is 37.9 Å². The Morgan fingerprint density at radius 1 is 1.14 bits per heavy atom. The largest absolute Gasteiger partial charge is 0.504 e. The van der Waals surface area contributed by atoms with Crippen LogP contribution in [0.25, 0.3) is 0 Å². The molecule has 1 atom stereocenters. The van der Waals surface area contributed by atoms with Gasteiger partial charge in [0.1, 0.15) is 0 Å². The molecule has 0 unspecified atom stereocenters. The van der Waals surface area contributed by atoms with E-state index in [1.165, 1.54) is 19.6 Å². The number of thiophene rings is 2. The Morgan fingerprint density at radius 2 is 1.83 bits per heavy atom. The van der Waals surface area contributed by atoms with Crippen LogP contribution in [0.4, 0.5) is 17.3 Å². The fourth-order valence-electron chi connectivity index (χ4n) is 3.97. The van der Waals surface area contributed by atoms with Gasteiger partial charge in [0.15, 0.2) is 21.6 Å². The van der Waals surface area contributed by atoms with Gasteiger partial charge < -0.3 is 20.6 Å². The molecule has 13 heteroatoms. The smallest absolute Gasteiger partial charge is 0.256 e. The van der Waals surface area contributed by atoms with Gasteiger partial charge in [-0.2, -0.15) is 13.1 Å². The molecule has 35 heavy (non-hydrogen) atoms. The molecule has 4 heterocycles. The van der Waals surface area contributed by atoms with Crippen molar-refractivity contribution in [1.82, 2.24) is 18.0 Å². The summed E-state index contributed by atoms with van der Waals surface area (Å²) in [5.74, 6) is 1.06. The summed E-state index contributed by atoms with van der Waals surface area (Å²) in [6.45, 7) is 13.7. The van der Waals surface area contributed by atoms with Gasteiger partial charge in [0.25, 0.3) is 10.0 Å². The SMILES string of the molecule is CCN1CCN(S(=O)(=O)c2scc(Nc3nsnc3N[C@@H](c3cc(C)c(C)s3)C(C)C)c2O)CC1. The molecule has 1 aliphatic rings. The second-order valence-corrected chi connectivity index (χ2v) is 13.8. The number of aryl methyl sites for hydroxylation is 2. The van der Waals surface area contributed by atoms with Crippen molar-refractivity contribution in [2.24, 2.45) is 5.92 Å². The molecule has 1 saturated heterocycles. The summed E-state index contributed by atoms with van der Waals surface area (Å²) in [5, 5.41) is 19.0. The molecule has 3 N–H and O–H groups in total. The fourth-order valence-corrected chi connectivity index (χ4v) is 8.51. The highest BCUT2D eigenvalue weighted by atomic mass is 32.2. The summed E-state index contributed by atoms with van der Waals surface area (Å²) in [4.78, 5) is 4.72. The van der Waals surface area contributed by atoms with E-state index in [2.05, 4.69) is 65.0 Å². The maximum Gasteiger partial charge on any atom is 0.256 e. The minimum atomic E-state index is -3.77. The summed E-state index contributed by atoms with van der Waals surface area (Å²) in [5.41, 5.74) is 1.57. The van der Waals surface area contributed by atoms with Gasteiger partial charge in [-0.15, -0.1) is 22.7 Å². The van der Waals surface area contributed by atoms with Crippen LogP contribution in [-0.4, -0.2) is 64.2 Å². The molecule has 9 nitrogen and oxygen atoms in total. The summed E-state index contributed by atoms with van der Waals surface area (Å²) in [6.07, 6.45) is 0. The predicted molar refractivity (Wildman–Crippen MR) is 145 cm³/mol. The number of likely N-dealkylation sites (N-methyl/N-ethyl adjacent to an activating group) is 1. The van der Waals surface area contributed by atoms with E-state index in [-0.39, 0.29) is 16.0 Å². The highest BCUT2D eigenvalue weighted by Gasteiger charge is 2.33. The minimum Gasteiger partial charge on any atom is -0.504 e. The van der Waals surface area contributed by atoms with Crippen LogP contribution in [0.3, 0.4) is 0 Å². The molecule has 192 valence electrons. The Labute approximate surface area is 219 Å². The van der Waals surface area contributed by atoms with Crippen molar-refractivity contribution in [3.05, 3.63) is 26.8 Å². The summed E-state index contributed by atoms with van der Waals surface area (Å²) >= 11 is 3.83. The third-order valence-electron chi connectivity index (χ3n) is 6.28. The first kappa shape index (κ1) is 26.3. The Kier molecular flexibility index (Phi) is 8.03. The van der Waals surface area contributed by atoms with Crippen LogP contribution in [-0.2, 0) is 10.0 Å². The van der Waals surface area contributed by atoms with E-state index in [9.17, 15) is 13.5 Å². The molecule has 3 aromatic rings. The van der Waals surface area contributed by atoms with E-state index in [0.717, 1.165) is 29.6 Å². The lowest BCUT2D eigenvalue weighted by Gasteiger charge is -2.32. The van der Waals surface area contributed by atoms with Crippen LogP contribution in [0.15, 0.2) is 15.7 Å². The van der Waals surface area contributed by atoms with Crippen molar-refractivity contribution >= 4 is 61.7 Å². The van der Waals surface area contributed by atoms with Gasteiger partial charge >= 0.3 is 0 Å². The van der Waals surface area contributed by atoms with E-state index in [1.807, 2.05) is 0 Å². The first-order valence-electron chi connectivity index (χ1n) is 11.6. The normalized spacial score (nSPS) is 16.6. The maximum absolute atomic E-state index is 13.2. The zero-order chi connectivity index (χ0) is 25.3. The highest BCUT2D eigenvalue weighted by molar-refractivity contribution is 7.91. The second kappa shape index (κ2) is 10.7. The van der Waals surface area contributed by atoms with Crippen molar-refractivity contribution in [3.63, 3.8) is 0 Å². The van der Waals surface area contributed by atoms with Crippen molar-refractivity contribution in [2.75, 3.05) is 43.4 Å². The quantitative estimate of drug-likeness (QED) is 0.343. The number of piperazine rings is 1. The van der Waals surface area contributed by atoms with Gasteiger partial charge in [0, 0.05) is 41.3 Å². The predicted octanol–water partition coefficient (Wildman–Crippen LogP) is 4.86. The average molecular weight is 557 g/mol. The highest BCUT2D eigenvalue weighted by Crippen LogP contribution is 2.42. The molecule has 0 aromatic carbocycles. The van der Waals surface area contributed by atoms with Gasteiger partial charge in [-0.25, -0.2) is 8.42 Å².